The maximum Gasteiger partial charge on any atom is 0.341 e. The van der Waals surface area contributed by atoms with Gasteiger partial charge in [-0.2, -0.15) is 0 Å². The number of rotatable bonds is 4. The van der Waals surface area contributed by atoms with Crippen molar-refractivity contribution in [3.05, 3.63) is 71.8 Å². The van der Waals surface area contributed by atoms with Crippen LogP contribution in [0.15, 0.2) is 60.7 Å². The zero-order chi connectivity index (χ0) is 18.9. The first kappa shape index (κ1) is 19.9. The molecule has 0 saturated carbocycles. The second-order valence-electron chi connectivity index (χ2n) is 5.43. The number of ether oxygens (including phenoxy) is 2. The van der Waals surface area contributed by atoms with Gasteiger partial charge in [-0.25, -0.2) is 9.59 Å². The average Bonchev–Trinajstić information content (AvgIpc) is 2.55. The van der Waals surface area contributed by atoms with E-state index in [0.717, 1.165) is 6.92 Å². The van der Waals surface area contributed by atoms with Gasteiger partial charge in [0.2, 0.25) is 0 Å². The molecule has 2 rings (SSSR count). The van der Waals surface area contributed by atoms with E-state index in [-0.39, 0.29) is 0 Å². The molecule has 6 nitrogen and oxygen atoms in total. The lowest BCUT2D eigenvalue weighted by atomic mass is 10.2. The highest BCUT2D eigenvalue weighted by atomic mass is 16.7. The van der Waals surface area contributed by atoms with Gasteiger partial charge in [0.25, 0.3) is 11.8 Å². The molecular formula is C19H20O6. The van der Waals surface area contributed by atoms with E-state index < -0.39 is 23.7 Å². The predicted molar refractivity (Wildman–Crippen MR) is 91.1 cm³/mol. The van der Waals surface area contributed by atoms with E-state index in [1.165, 1.54) is 13.8 Å². The summed E-state index contributed by atoms with van der Waals surface area (Å²) in [6.07, 6.45) is 0. The van der Waals surface area contributed by atoms with E-state index in [2.05, 4.69) is 0 Å². The van der Waals surface area contributed by atoms with Crippen LogP contribution in [0.4, 0.5) is 0 Å². The largest absolute Gasteiger partial charge is 0.481 e. The number of carboxylic acid groups (broad SMARTS) is 1. The van der Waals surface area contributed by atoms with Crippen molar-refractivity contribution in [3.63, 3.8) is 0 Å². The van der Waals surface area contributed by atoms with Gasteiger partial charge in [-0.05, 0) is 24.3 Å². The molecule has 0 aliphatic carbocycles. The van der Waals surface area contributed by atoms with Crippen molar-refractivity contribution < 1.29 is 29.0 Å². The smallest absolute Gasteiger partial charge is 0.341 e. The summed E-state index contributed by atoms with van der Waals surface area (Å²) in [6.45, 7) is 4.13. The molecule has 0 aromatic heterocycles. The molecule has 0 aliphatic heterocycles. The highest BCUT2D eigenvalue weighted by Crippen LogP contribution is 2.17. The monoisotopic (exact) mass is 344 g/mol. The van der Waals surface area contributed by atoms with E-state index in [1.54, 1.807) is 60.7 Å². The molecule has 6 heteroatoms. The number of carbonyl (C=O) groups excluding carboxylic acids is 2. The number of hydrogen-bond acceptors (Lipinski definition) is 5. The molecule has 0 bridgehead atoms. The van der Waals surface area contributed by atoms with Gasteiger partial charge in [0.1, 0.15) is 0 Å². The van der Waals surface area contributed by atoms with Crippen LogP contribution in [0.1, 0.15) is 41.5 Å². The lowest BCUT2D eigenvalue weighted by molar-refractivity contribution is -0.143. The highest BCUT2D eigenvalue weighted by Gasteiger charge is 2.28. The molecule has 0 amide bonds. The molecule has 0 heterocycles. The lowest BCUT2D eigenvalue weighted by Crippen LogP contribution is -2.34. The standard InChI is InChI=1S/C17H16O4.C2H4O2/c1-17(2,20-15(18)13-9-5-3-6-10-13)21-16(19)14-11-7-4-8-12-14;1-2(3)4/h3-12H,1-2H3;1H3,(H,3,4). The molecule has 0 atom stereocenters. The molecule has 0 spiro atoms. The number of esters is 2. The zero-order valence-corrected chi connectivity index (χ0v) is 14.3. The van der Waals surface area contributed by atoms with E-state index in [0.29, 0.717) is 11.1 Å². The van der Waals surface area contributed by atoms with Crippen LogP contribution in [-0.4, -0.2) is 28.8 Å². The molecule has 0 saturated heterocycles. The quantitative estimate of drug-likeness (QED) is 0.674. The van der Waals surface area contributed by atoms with Gasteiger partial charge in [-0.1, -0.05) is 36.4 Å². The Balaban J connectivity index is 0.000000705. The van der Waals surface area contributed by atoms with Gasteiger partial charge in [-0.3, -0.25) is 4.79 Å². The van der Waals surface area contributed by atoms with E-state index >= 15 is 0 Å². The Morgan fingerprint density at radius 2 is 1.04 bits per heavy atom. The summed E-state index contributed by atoms with van der Waals surface area (Å²) in [6, 6.07) is 17.1. The summed E-state index contributed by atoms with van der Waals surface area (Å²) in [5.74, 6) is -3.26. The Morgan fingerprint density at radius 3 is 1.32 bits per heavy atom. The van der Waals surface area contributed by atoms with Gasteiger partial charge >= 0.3 is 11.9 Å². The van der Waals surface area contributed by atoms with Gasteiger partial charge in [0, 0.05) is 20.8 Å². The number of carbonyl (C=O) groups is 3. The first-order valence-electron chi connectivity index (χ1n) is 7.47. The lowest BCUT2D eigenvalue weighted by Gasteiger charge is -2.25. The third-order valence-corrected chi connectivity index (χ3v) is 2.70. The Bertz CT molecular complexity index is 648. The van der Waals surface area contributed by atoms with Crippen molar-refractivity contribution in [2.45, 2.75) is 26.6 Å². The minimum atomic E-state index is -1.35. The fraction of sp³-hybridized carbons (Fsp3) is 0.211. The number of carboxylic acids is 1. The molecule has 0 aliphatic rings. The summed E-state index contributed by atoms with van der Waals surface area (Å²) >= 11 is 0. The third kappa shape index (κ3) is 7.78. The SMILES string of the molecule is CC(=O)O.CC(C)(OC(=O)c1ccccc1)OC(=O)c1ccccc1. The molecular weight excluding hydrogens is 324 g/mol. The molecule has 0 radical (unpaired) electrons. The first-order valence-corrected chi connectivity index (χ1v) is 7.47. The van der Waals surface area contributed by atoms with Gasteiger partial charge < -0.3 is 14.6 Å². The van der Waals surface area contributed by atoms with Crippen LogP contribution in [-0.2, 0) is 14.3 Å². The summed E-state index contributed by atoms with van der Waals surface area (Å²) in [7, 11) is 0. The fourth-order valence-electron chi connectivity index (χ4n) is 1.73. The van der Waals surface area contributed by atoms with Crippen molar-refractivity contribution in [2.24, 2.45) is 0 Å². The molecule has 25 heavy (non-hydrogen) atoms. The first-order chi connectivity index (χ1) is 11.7. The van der Waals surface area contributed by atoms with Crippen LogP contribution >= 0.6 is 0 Å². The molecule has 1 N–H and O–H groups in total. The number of hydrogen-bond donors (Lipinski definition) is 1. The van der Waals surface area contributed by atoms with Crippen LogP contribution < -0.4 is 0 Å². The van der Waals surface area contributed by atoms with Crippen LogP contribution in [0.3, 0.4) is 0 Å². The minimum absolute atomic E-state index is 0.404. The summed E-state index contributed by atoms with van der Waals surface area (Å²) in [4.78, 5) is 32.9. The maximum atomic E-state index is 12.0. The topological polar surface area (TPSA) is 89.9 Å². The van der Waals surface area contributed by atoms with Crippen molar-refractivity contribution in [1.82, 2.24) is 0 Å². The molecule has 0 fully saturated rings. The van der Waals surface area contributed by atoms with Crippen LogP contribution in [0, 0.1) is 0 Å². The molecule has 132 valence electrons. The average molecular weight is 344 g/mol. The molecule has 2 aromatic rings. The van der Waals surface area contributed by atoms with Crippen LogP contribution in [0.2, 0.25) is 0 Å². The van der Waals surface area contributed by atoms with Gasteiger partial charge in [0.15, 0.2) is 0 Å². The number of aliphatic carboxylic acids is 1. The number of benzene rings is 2. The Labute approximate surface area is 146 Å². The summed E-state index contributed by atoms with van der Waals surface area (Å²) in [5, 5.41) is 7.42. The van der Waals surface area contributed by atoms with Gasteiger partial charge in [0.05, 0.1) is 11.1 Å². The Hall–Kier alpha value is -3.15. The van der Waals surface area contributed by atoms with E-state index in [9.17, 15) is 9.59 Å². The van der Waals surface area contributed by atoms with Gasteiger partial charge in [-0.15, -0.1) is 0 Å². The van der Waals surface area contributed by atoms with Crippen molar-refractivity contribution in [2.75, 3.05) is 0 Å². The van der Waals surface area contributed by atoms with Crippen molar-refractivity contribution >= 4 is 17.9 Å². The fourth-order valence-corrected chi connectivity index (χ4v) is 1.73. The van der Waals surface area contributed by atoms with E-state index in [4.69, 9.17) is 19.4 Å². The second kappa shape index (κ2) is 9.22. The predicted octanol–water partition coefficient (Wildman–Crippen LogP) is 3.53. The second-order valence-corrected chi connectivity index (χ2v) is 5.43. The zero-order valence-electron chi connectivity index (χ0n) is 14.3. The highest BCUT2D eigenvalue weighted by molar-refractivity contribution is 5.91. The summed E-state index contributed by atoms with van der Waals surface area (Å²) in [5.41, 5.74) is 0.808. The molecule has 2 aromatic carbocycles. The van der Waals surface area contributed by atoms with Crippen LogP contribution in [0.5, 0.6) is 0 Å². The third-order valence-electron chi connectivity index (χ3n) is 2.70. The van der Waals surface area contributed by atoms with Crippen LogP contribution in [0.25, 0.3) is 0 Å². The van der Waals surface area contributed by atoms with Crippen molar-refractivity contribution in [3.8, 4) is 0 Å². The normalized spacial score (nSPS) is 10.0. The Morgan fingerprint density at radius 1 is 0.760 bits per heavy atom. The van der Waals surface area contributed by atoms with E-state index in [1.807, 2.05) is 0 Å². The molecule has 0 unspecified atom stereocenters. The maximum absolute atomic E-state index is 12.0. The Kier molecular flexibility index (Phi) is 7.34. The minimum Gasteiger partial charge on any atom is -0.481 e. The van der Waals surface area contributed by atoms with Crippen molar-refractivity contribution in [1.29, 1.82) is 0 Å². The summed E-state index contributed by atoms with van der Waals surface area (Å²) < 4.78 is 10.5.